The molecule has 0 atom stereocenters. The van der Waals surface area contributed by atoms with Crippen molar-refractivity contribution in [2.75, 3.05) is 0 Å². The summed E-state index contributed by atoms with van der Waals surface area (Å²) in [5.74, 6) is -1.16. The summed E-state index contributed by atoms with van der Waals surface area (Å²) < 4.78 is 48.1. The predicted molar refractivity (Wildman–Crippen MR) is 62.0 cm³/mol. The minimum atomic E-state index is -4.60. The van der Waals surface area contributed by atoms with Gasteiger partial charge in [0, 0.05) is 11.8 Å². The van der Waals surface area contributed by atoms with Gasteiger partial charge in [-0.3, -0.25) is 0 Å². The molecule has 1 aromatic carbocycles. The van der Waals surface area contributed by atoms with Gasteiger partial charge in [0.05, 0.1) is 11.4 Å². The Kier molecular flexibility index (Phi) is 3.16. The Balaban J connectivity index is 2.40. The Bertz CT molecular complexity index is 680. The first-order chi connectivity index (χ1) is 8.35. The second-order valence-electron chi connectivity index (χ2n) is 3.85. The van der Waals surface area contributed by atoms with Crippen LogP contribution >= 0.6 is 0 Å². The molecule has 7 heteroatoms. The van der Waals surface area contributed by atoms with E-state index in [2.05, 4.69) is 5.10 Å². The molecule has 0 N–H and O–H groups in total. The van der Waals surface area contributed by atoms with Gasteiger partial charge in [-0.15, -0.1) is 3.89 Å². The van der Waals surface area contributed by atoms with Crippen molar-refractivity contribution in [3.05, 3.63) is 47.5 Å². The predicted octanol–water partition coefficient (Wildman–Crippen LogP) is 2.12. The summed E-state index contributed by atoms with van der Waals surface area (Å²) in [4.78, 5) is 0. The maximum Gasteiger partial charge on any atom is 0.306 e. The number of halogens is 2. The van der Waals surface area contributed by atoms with E-state index in [0.29, 0.717) is 11.4 Å². The van der Waals surface area contributed by atoms with Gasteiger partial charge in [0.25, 0.3) is 0 Å². The van der Waals surface area contributed by atoms with Crippen LogP contribution in [0.25, 0.3) is 5.69 Å². The Morgan fingerprint density at radius 3 is 2.72 bits per heavy atom. The molecular formula is C11H10F2N2O2S. The van der Waals surface area contributed by atoms with Crippen LogP contribution in [0.4, 0.5) is 8.28 Å². The van der Waals surface area contributed by atoms with Crippen LogP contribution in [0.15, 0.2) is 30.5 Å². The van der Waals surface area contributed by atoms with Crippen molar-refractivity contribution in [1.82, 2.24) is 9.78 Å². The van der Waals surface area contributed by atoms with Crippen LogP contribution in [0.1, 0.15) is 11.3 Å². The highest BCUT2D eigenvalue weighted by Crippen LogP contribution is 2.15. The first-order valence-corrected chi connectivity index (χ1v) is 6.64. The molecule has 4 nitrogen and oxygen atoms in total. The van der Waals surface area contributed by atoms with E-state index < -0.39 is 21.8 Å². The first kappa shape index (κ1) is 12.7. The maximum atomic E-state index is 13.0. The van der Waals surface area contributed by atoms with E-state index in [-0.39, 0.29) is 5.56 Å². The largest absolute Gasteiger partial charge is 0.306 e. The minimum absolute atomic E-state index is 0.252. The second kappa shape index (κ2) is 4.49. The molecule has 0 bridgehead atoms. The van der Waals surface area contributed by atoms with E-state index in [9.17, 15) is 16.7 Å². The van der Waals surface area contributed by atoms with Crippen molar-refractivity contribution in [3.63, 3.8) is 0 Å². The molecule has 96 valence electrons. The first-order valence-electron chi connectivity index (χ1n) is 5.08. The van der Waals surface area contributed by atoms with E-state index >= 15 is 0 Å². The molecule has 2 rings (SSSR count). The van der Waals surface area contributed by atoms with Crippen molar-refractivity contribution in [2.24, 2.45) is 0 Å². The van der Waals surface area contributed by atoms with Crippen LogP contribution in [0.5, 0.6) is 0 Å². The zero-order valence-corrected chi connectivity index (χ0v) is 10.3. The number of nitrogens with zero attached hydrogens (tertiary/aromatic N) is 2. The highest BCUT2D eigenvalue weighted by Gasteiger charge is 2.14. The van der Waals surface area contributed by atoms with E-state index in [1.54, 1.807) is 13.0 Å². The van der Waals surface area contributed by atoms with Crippen molar-refractivity contribution in [3.8, 4) is 5.69 Å². The van der Waals surface area contributed by atoms with Gasteiger partial charge in [-0.2, -0.15) is 13.5 Å². The quantitative estimate of drug-likeness (QED) is 0.804. The van der Waals surface area contributed by atoms with E-state index in [4.69, 9.17) is 0 Å². The third-order valence-electron chi connectivity index (χ3n) is 2.40. The molecule has 0 unspecified atom stereocenters. The average Bonchev–Trinajstić information content (AvgIpc) is 2.58. The lowest BCUT2D eigenvalue weighted by atomic mass is 10.3. The Morgan fingerprint density at radius 1 is 1.39 bits per heavy atom. The van der Waals surface area contributed by atoms with Crippen molar-refractivity contribution >= 4 is 10.2 Å². The summed E-state index contributed by atoms with van der Waals surface area (Å²) in [6.07, 6.45) is 1.38. The van der Waals surface area contributed by atoms with Gasteiger partial charge in [0.15, 0.2) is 0 Å². The highest BCUT2D eigenvalue weighted by atomic mass is 32.3. The smallest absolute Gasteiger partial charge is 0.240 e. The molecule has 2 aromatic rings. The lowest BCUT2D eigenvalue weighted by molar-refractivity contribution is 0.551. The number of hydrogen-bond acceptors (Lipinski definition) is 3. The fraction of sp³-hybridized carbons (Fsp3) is 0.182. The molecule has 0 fully saturated rings. The Labute approximate surface area is 103 Å². The molecule has 0 radical (unpaired) electrons. The Hall–Kier alpha value is -1.76. The zero-order valence-electron chi connectivity index (χ0n) is 9.47. The zero-order chi connectivity index (χ0) is 13.3. The summed E-state index contributed by atoms with van der Waals surface area (Å²) in [5, 5.41) is 4.03. The van der Waals surface area contributed by atoms with Gasteiger partial charge >= 0.3 is 10.2 Å². The number of aromatic nitrogens is 2. The summed E-state index contributed by atoms with van der Waals surface area (Å²) in [6, 6.07) is 5.66. The van der Waals surface area contributed by atoms with Crippen molar-refractivity contribution in [2.45, 2.75) is 12.7 Å². The third kappa shape index (κ3) is 2.92. The molecule has 1 aromatic heterocycles. The summed E-state index contributed by atoms with van der Waals surface area (Å²) in [6.45, 7) is 1.57. The molecule has 0 aliphatic carbocycles. The summed E-state index contributed by atoms with van der Waals surface area (Å²) >= 11 is 0. The minimum Gasteiger partial charge on any atom is -0.240 e. The average molecular weight is 272 g/mol. The lowest BCUT2D eigenvalue weighted by Crippen LogP contribution is -1.96. The van der Waals surface area contributed by atoms with Crippen LogP contribution in [-0.4, -0.2) is 18.2 Å². The van der Waals surface area contributed by atoms with Crippen LogP contribution in [0.3, 0.4) is 0 Å². The molecule has 18 heavy (non-hydrogen) atoms. The topological polar surface area (TPSA) is 52.0 Å². The number of rotatable bonds is 3. The highest BCUT2D eigenvalue weighted by molar-refractivity contribution is 7.85. The summed E-state index contributed by atoms with van der Waals surface area (Å²) in [7, 11) is -4.60. The molecule has 0 aliphatic rings. The summed E-state index contributed by atoms with van der Waals surface area (Å²) in [5.41, 5.74) is 1.09. The van der Waals surface area contributed by atoms with Crippen molar-refractivity contribution < 1.29 is 16.7 Å². The van der Waals surface area contributed by atoms with Crippen LogP contribution in [0.2, 0.25) is 0 Å². The van der Waals surface area contributed by atoms with Gasteiger partial charge < -0.3 is 0 Å². The molecular weight excluding hydrogens is 262 g/mol. The van der Waals surface area contributed by atoms with Crippen LogP contribution < -0.4 is 0 Å². The second-order valence-corrected chi connectivity index (χ2v) is 5.21. The van der Waals surface area contributed by atoms with Crippen molar-refractivity contribution in [1.29, 1.82) is 0 Å². The van der Waals surface area contributed by atoms with E-state index in [1.807, 2.05) is 0 Å². The fourth-order valence-corrected chi connectivity index (χ4v) is 2.23. The van der Waals surface area contributed by atoms with Crippen LogP contribution in [-0.2, 0) is 16.0 Å². The number of aryl methyl sites for hydroxylation is 1. The third-order valence-corrected chi connectivity index (χ3v) is 3.06. The number of hydrogen-bond donors (Lipinski definition) is 0. The SMILES string of the molecule is Cc1nn(-c2cccc(F)c2)cc1CS(=O)(=O)F. The van der Waals surface area contributed by atoms with Gasteiger partial charge in [-0.1, -0.05) is 6.07 Å². The standard InChI is InChI=1S/C11H10F2N2O2S/c1-8-9(7-18(13,16)17)6-15(14-8)11-4-2-3-10(12)5-11/h2-6H,7H2,1H3. The van der Waals surface area contributed by atoms with Gasteiger partial charge in [0.2, 0.25) is 0 Å². The van der Waals surface area contributed by atoms with E-state index in [0.717, 1.165) is 0 Å². The van der Waals surface area contributed by atoms with Crippen LogP contribution in [0, 0.1) is 12.7 Å². The van der Waals surface area contributed by atoms with Gasteiger partial charge in [0.1, 0.15) is 11.6 Å². The molecule has 0 saturated carbocycles. The van der Waals surface area contributed by atoms with Gasteiger partial charge in [-0.25, -0.2) is 9.07 Å². The normalized spacial score (nSPS) is 11.7. The molecule has 0 spiro atoms. The number of benzene rings is 1. The molecule has 0 aliphatic heterocycles. The molecule has 0 amide bonds. The molecule has 0 saturated heterocycles. The van der Waals surface area contributed by atoms with Gasteiger partial charge in [-0.05, 0) is 25.1 Å². The Morgan fingerprint density at radius 2 is 2.11 bits per heavy atom. The maximum absolute atomic E-state index is 13.0. The fourth-order valence-electron chi connectivity index (χ4n) is 1.57. The lowest BCUT2D eigenvalue weighted by Gasteiger charge is -2.00. The monoisotopic (exact) mass is 272 g/mol. The molecule has 1 heterocycles. The van der Waals surface area contributed by atoms with E-state index in [1.165, 1.54) is 29.1 Å².